The van der Waals surface area contributed by atoms with Crippen molar-refractivity contribution in [2.45, 2.75) is 41.0 Å². The fourth-order valence-corrected chi connectivity index (χ4v) is 1.98. The predicted molar refractivity (Wildman–Crippen MR) is 87.6 cm³/mol. The van der Waals surface area contributed by atoms with Crippen molar-refractivity contribution in [2.75, 3.05) is 11.9 Å². The Kier molecular flexibility index (Phi) is 6.41. The van der Waals surface area contributed by atoms with Gasteiger partial charge in [0.25, 0.3) is 0 Å². The fourth-order valence-electron chi connectivity index (χ4n) is 1.98. The molecule has 1 aliphatic rings. The van der Waals surface area contributed by atoms with E-state index in [1.807, 2.05) is 13.8 Å². The number of allylic oxidation sites excluding steroid dienone is 4. The Morgan fingerprint density at radius 3 is 2.53 bits per heavy atom. The average Bonchev–Trinajstić information content (AvgIpc) is 2.94. The summed E-state index contributed by atoms with van der Waals surface area (Å²) < 4.78 is 0. The smallest absolute Gasteiger partial charge is 0.0376 e. The molecule has 1 nitrogen and oxygen atoms in total. The second-order valence-corrected chi connectivity index (χ2v) is 5.10. The molecule has 0 unspecified atom stereocenters. The molecule has 0 aromatic heterocycles. The summed E-state index contributed by atoms with van der Waals surface area (Å²) >= 11 is 0. The molecule has 0 bridgehead atoms. The van der Waals surface area contributed by atoms with Crippen molar-refractivity contribution in [3.63, 3.8) is 0 Å². The maximum absolute atomic E-state index is 3.52. The standard InChI is InChI=1S/C16H21N.C2H6/c1-12(2)11-17-16-10-15(9-8-13(16)3)14-6-4-5-7-14;1-2/h4,6-10,12,17H,5,11H2,1-3H3;1-2H3. The van der Waals surface area contributed by atoms with E-state index in [0.29, 0.717) is 5.92 Å². The van der Waals surface area contributed by atoms with Crippen molar-refractivity contribution in [3.8, 4) is 0 Å². The van der Waals surface area contributed by atoms with E-state index in [9.17, 15) is 0 Å². The Morgan fingerprint density at radius 2 is 1.95 bits per heavy atom. The van der Waals surface area contributed by atoms with E-state index in [-0.39, 0.29) is 0 Å². The molecular formula is C18H27N. The van der Waals surface area contributed by atoms with Gasteiger partial charge in [0.15, 0.2) is 0 Å². The van der Waals surface area contributed by atoms with Crippen LogP contribution in [0.5, 0.6) is 0 Å². The van der Waals surface area contributed by atoms with Crippen LogP contribution >= 0.6 is 0 Å². The zero-order chi connectivity index (χ0) is 14.3. The number of hydrogen-bond acceptors (Lipinski definition) is 1. The van der Waals surface area contributed by atoms with Gasteiger partial charge in [-0.25, -0.2) is 0 Å². The van der Waals surface area contributed by atoms with Crippen molar-refractivity contribution in [3.05, 3.63) is 47.6 Å². The Balaban J connectivity index is 0.000000861. The van der Waals surface area contributed by atoms with Crippen LogP contribution in [0.1, 0.15) is 45.2 Å². The second kappa shape index (κ2) is 7.83. The highest BCUT2D eigenvalue weighted by Gasteiger charge is 2.05. The highest BCUT2D eigenvalue weighted by molar-refractivity contribution is 5.78. The summed E-state index contributed by atoms with van der Waals surface area (Å²) in [5, 5.41) is 3.52. The zero-order valence-corrected chi connectivity index (χ0v) is 13.0. The Bertz CT molecular complexity index is 453. The lowest BCUT2D eigenvalue weighted by molar-refractivity contribution is 0.688. The predicted octanol–water partition coefficient (Wildman–Crippen LogP) is 5.43. The highest BCUT2D eigenvalue weighted by Crippen LogP contribution is 2.26. The summed E-state index contributed by atoms with van der Waals surface area (Å²) in [7, 11) is 0. The second-order valence-electron chi connectivity index (χ2n) is 5.10. The van der Waals surface area contributed by atoms with Gasteiger partial charge in [0.1, 0.15) is 0 Å². The summed E-state index contributed by atoms with van der Waals surface area (Å²) in [5.74, 6) is 0.670. The molecule has 2 rings (SSSR count). The Hall–Kier alpha value is -1.50. The maximum atomic E-state index is 3.52. The Labute approximate surface area is 118 Å². The minimum absolute atomic E-state index is 0.670. The van der Waals surface area contributed by atoms with Gasteiger partial charge >= 0.3 is 0 Å². The van der Waals surface area contributed by atoms with Crippen molar-refractivity contribution in [1.29, 1.82) is 0 Å². The van der Waals surface area contributed by atoms with Crippen LogP contribution in [0.25, 0.3) is 5.57 Å². The van der Waals surface area contributed by atoms with Gasteiger partial charge in [0.05, 0.1) is 0 Å². The number of aryl methyl sites for hydroxylation is 1. The lowest BCUT2D eigenvalue weighted by Gasteiger charge is -2.13. The van der Waals surface area contributed by atoms with E-state index in [1.54, 1.807) is 0 Å². The molecule has 0 spiro atoms. The fraction of sp³-hybridized carbons (Fsp3) is 0.444. The Morgan fingerprint density at radius 1 is 1.21 bits per heavy atom. The lowest BCUT2D eigenvalue weighted by Crippen LogP contribution is -2.09. The van der Waals surface area contributed by atoms with Crippen LogP contribution in [-0.2, 0) is 0 Å². The van der Waals surface area contributed by atoms with E-state index in [0.717, 1.165) is 13.0 Å². The quantitative estimate of drug-likeness (QED) is 0.758. The van der Waals surface area contributed by atoms with Crippen LogP contribution in [0.3, 0.4) is 0 Å². The van der Waals surface area contributed by atoms with E-state index < -0.39 is 0 Å². The van der Waals surface area contributed by atoms with Gasteiger partial charge in [-0.15, -0.1) is 0 Å². The van der Waals surface area contributed by atoms with Crippen LogP contribution in [0.4, 0.5) is 5.69 Å². The molecule has 0 amide bonds. The topological polar surface area (TPSA) is 12.0 Å². The molecule has 0 aliphatic heterocycles. The summed E-state index contributed by atoms with van der Waals surface area (Å²) in [4.78, 5) is 0. The minimum Gasteiger partial charge on any atom is -0.385 e. The molecule has 0 heterocycles. The maximum Gasteiger partial charge on any atom is 0.0376 e. The van der Waals surface area contributed by atoms with Crippen molar-refractivity contribution in [1.82, 2.24) is 0 Å². The average molecular weight is 257 g/mol. The number of hydrogen-bond donors (Lipinski definition) is 1. The first-order valence-electron chi connectivity index (χ1n) is 7.38. The third-order valence-corrected chi connectivity index (χ3v) is 3.04. The van der Waals surface area contributed by atoms with E-state index in [4.69, 9.17) is 0 Å². The van der Waals surface area contributed by atoms with Gasteiger partial charge in [0, 0.05) is 12.2 Å². The van der Waals surface area contributed by atoms with Gasteiger partial charge in [-0.3, -0.25) is 0 Å². The van der Waals surface area contributed by atoms with Crippen LogP contribution in [0, 0.1) is 12.8 Å². The van der Waals surface area contributed by atoms with Gasteiger partial charge in [0.2, 0.25) is 0 Å². The molecule has 19 heavy (non-hydrogen) atoms. The number of nitrogens with one attached hydrogen (secondary N) is 1. The van der Waals surface area contributed by atoms with Crippen molar-refractivity contribution < 1.29 is 0 Å². The number of rotatable bonds is 4. The number of anilines is 1. The van der Waals surface area contributed by atoms with Gasteiger partial charge in [-0.2, -0.15) is 0 Å². The van der Waals surface area contributed by atoms with Gasteiger partial charge in [-0.05, 0) is 42.0 Å². The molecule has 0 radical (unpaired) electrons. The van der Waals surface area contributed by atoms with Crippen molar-refractivity contribution >= 4 is 11.3 Å². The molecule has 0 atom stereocenters. The number of benzene rings is 1. The highest BCUT2D eigenvalue weighted by atomic mass is 14.9. The van der Waals surface area contributed by atoms with E-state index in [2.05, 4.69) is 62.5 Å². The molecule has 1 aromatic carbocycles. The van der Waals surface area contributed by atoms with Crippen LogP contribution in [0.15, 0.2) is 36.4 Å². The largest absolute Gasteiger partial charge is 0.385 e. The van der Waals surface area contributed by atoms with Crippen LogP contribution < -0.4 is 5.32 Å². The lowest BCUT2D eigenvalue weighted by atomic mass is 10.0. The van der Waals surface area contributed by atoms with Gasteiger partial charge < -0.3 is 5.32 Å². The SMILES string of the molecule is CC.Cc1ccc(C2=CCC=C2)cc1NCC(C)C. The molecule has 0 saturated heterocycles. The monoisotopic (exact) mass is 257 g/mol. The van der Waals surface area contributed by atoms with E-state index >= 15 is 0 Å². The third-order valence-electron chi connectivity index (χ3n) is 3.04. The van der Waals surface area contributed by atoms with Gasteiger partial charge in [-0.1, -0.05) is 58.1 Å². The molecule has 0 fully saturated rings. The molecule has 104 valence electrons. The molecule has 1 heteroatoms. The molecule has 1 N–H and O–H groups in total. The first-order chi connectivity index (χ1) is 9.16. The minimum atomic E-state index is 0.670. The first-order valence-corrected chi connectivity index (χ1v) is 7.38. The van der Waals surface area contributed by atoms with E-state index in [1.165, 1.54) is 22.4 Å². The summed E-state index contributed by atoms with van der Waals surface area (Å²) in [6.45, 7) is 11.6. The van der Waals surface area contributed by atoms with Crippen LogP contribution in [-0.4, -0.2) is 6.54 Å². The first kappa shape index (κ1) is 15.6. The molecule has 1 aromatic rings. The van der Waals surface area contributed by atoms with Crippen LogP contribution in [0.2, 0.25) is 0 Å². The molecule has 1 aliphatic carbocycles. The molecular weight excluding hydrogens is 230 g/mol. The zero-order valence-electron chi connectivity index (χ0n) is 13.0. The third kappa shape index (κ3) is 4.59. The summed E-state index contributed by atoms with van der Waals surface area (Å²) in [6, 6.07) is 6.67. The molecule has 0 saturated carbocycles. The summed E-state index contributed by atoms with van der Waals surface area (Å²) in [5.41, 5.74) is 5.24. The normalized spacial score (nSPS) is 13.1. The summed E-state index contributed by atoms with van der Waals surface area (Å²) in [6.07, 6.45) is 7.75. The van der Waals surface area contributed by atoms with Crippen molar-refractivity contribution in [2.24, 2.45) is 5.92 Å².